The molecule has 0 aliphatic rings. The van der Waals surface area contributed by atoms with Gasteiger partial charge in [0.1, 0.15) is 0 Å². The van der Waals surface area contributed by atoms with Crippen molar-refractivity contribution in [2.75, 3.05) is 20.1 Å². The van der Waals surface area contributed by atoms with Gasteiger partial charge >= 0.3 is 0 Å². The molecule has 0 saturated heterocycles. The summed E-state index contributed by atoms with van der Waals surface area (Å²) < 4.78 is 0. The molecule has 0 aliphatic carbocycles. The minimum atomic E-state index is -0.0334. The zero-order chi connectivity index (χ0) is 13.1. The summed E-state index contributed by atoms with van der Waals surface area (Å²) >= 11 is 0. The number of hydrazine groups is 1. The molecule has 0 atom stereocenters. The molecule has 0 aliphatic heterocycles. The Morgan fingerprint density at radius 3 is 2.41 bits per heavy atom. The molecular weight excluding hydrogens is 220 g/mol. The molecule has 0 bridgehead atoms. The van der Waals surface area contributed by atoms with E-state index in [9.17, 15) is 0 Å². The van der Waals surface area contributed by atoms with Gasteiger partial charge in [-0.1, -0.05) is 12.8 Å². The second-order valence-corrected chi connectivity index (χ2v) is 3.81. The number of hydrogen-bond acceptors (Lipinski definition) is 4. The quantitative estimate of drug-likeness (QED) is 0.128. The van der Waals surface area contributed by atoms with Gasteiger partial charge in [0.15, 0.2) is 0 Å². The van der Waals surface area contributed by atoms with Gasteiger partial charge in [0.25, 0.3) is 0 Å². The summed E-state index contributed by atoms with van der Waals surface area (Å²) in [6.45, 7) is 1.64. The molecule has 0 saturated carbocycles. The highest BCUT2D eigenvalue weighted by molar-refractivity contribution is 5.75. The molecule has 0 radical (unpaired) electrons. The van der Waals surface area contributed by atoms with Crippen LogP contribution in [0.25, 0.3) is 0 Å². The highest BCUT2D eigenvalue weighted by Crippen LogP contribution is 1.99. The summed E-state index contributed by atoms with van der Waals surface area (Å²) in [6, 6.07) is 0. The van der Waals surface area contributed by atoms with Crippen LogP contribution in [-0.4, -0.2) is 37.1 Å². The predicted octanol–water partition coefficient (Wildman–Crippen LogP) is -1.35. The van der Waals surface area contributed by atoms with Gasteiger partial charge in [0, 0.05) is 20.1 Å². The Hall–Kier alpha value is -1.70. The zero-order valence-electron chi connectivity index (χ0n) is 10.4. The molecule has 9 N–H and O–H groups in total. The van der Waals surface area contributed by atoms with Crippen molar-refractivity contribution in [1.29, 1.82) is 5.41 Å². The number of guanidine groups is 2. The van der Waals surface area contributed by atoms with Gasteiger partial charge in [0.2, 0.25) is 11.9 Å². The van der Waals surface area contributed by atoms with Crippen LogP contribution >= 0.6 is 0 Å². The number of nitrogens with one attached hydrogen (secondary N) is 3. The van der Waals surface area contributed by atoms with Gasteiger partial charge in [-0.05, 0) is 12.8 Å². The standard InChI is InChI=1S/C9H24N8/c1-17(16-9(12)13)7-5-3-2-4-6-14-15-8(10)11/h14H,2-7H2,1H3,(H4,10,11,15)(H4,12,13,16). The van der Waals surface area contributed by atoms with Crippen LogP contribution in [0.2, 0.25) is 0 Å². The maximum Gasteiger partial charge on any atom is 0.208 e. The number of rotatable bonds is 9. The third-order valence-corrected chi connectivity index (χ3v) is 2.05. The van der Waals surface area contributed by atoms with Gasteiger partial charge in [-0.25, -0.2) is 5.01 Å². The normalized spacial score (nSPS) is 10.0. The molecule has 0 aromatic rings. The molecule has 8 heteroatoms. The molecule has 100 valence electrons. The molecule has 0 aromatic heterocycles. The Bertz CT molecular complexity index is 235. The van der Waals surface area contributed by atoms with Gasteiger partial charge in [-0.3, -0.25) is 10.8 Å². The lowest BCUT2D eigenvalue weighted by Gasteiger charge is -2.17. The fraction of sp³-hybridized carbons (Fsp3) is 0.778. The van der Waals surface area contributed by atoms with Crippen molar-refractivity contribution in [2.45, 2.75) is 25.7 Å². The van der Waals surface area contributed by atoms with Crippen LogP contribution in [0.3, 0.4) is 0 Å². The first-order valence-electron chi connectivity index (χ1n) is 5.65. The van der Waals surface area contributed by atoms with E-state index in [4.69, 9.17) is 22.6 Å². The first-order chi connectivity index (χ1) is 8.02. The van der Waals surface area contributed by atoms with E-state index in [-0.39, 0.29) is 11.9 Å². The van der Waals surface area contributed by atoms with E-state index in [2.05, 4.69) is 16.0 Å². The Labute approximate surface area is 102 Å². The van der Waals surface area contributed by atoms with Crippen LogP contribution in [0.15, 0.2) is 5.10 Å². The molecule has 0 fully saturated rings. The van der Waals surface area contributed by atoms with E-state index in [0.717, 1.165) is 38.8 Å². The largest absolute Gasteiger partial charge is 0.369 e. The SMILES string of the molecule is CN(CCCCCCNN=C(N)N)NC(=N)N. The lowest BCUT2D eigenvalue weighted by molar-refractivity contribution is 0.282. The number of hydrogen-bond donors (Lipinski definition) is 6. The first-order valence-corrected chi connectivity index (χ1v) is 5.65. The topological polar surface area (TPSA) is 142 Å². The maximum atomic E-state index is 7.04. The maximum absolute atomic E-state index is 7.04. The minimum absolute atomic E-state index is 0.0334. The lowest BCUT2D eigenvalue weighted by atomic mass is 10.2. The average Bonchev–Trinajstić information content (AvgIpc) is 2.20. The Morgan fingerprint density at radius 2 is 1.82 bits per heavy atom. The van der Waals surface area contributed by atoms with Gasteiger partial charge in [-0.2, -0.15) is 0 Å². The number of hydrazone groups is 1. The minimum Gasteiger partial charge on any atom is -0.369 e. The molecule has 0 rings (SSSR count). The molecule has 0 amide bonds. The van der Waals surface area contributed by atoms with Crippen LogP contribution in [0, 0.1) is 5.41 Å². The predicted molar refractivity (Wildman–Crippen MR) is 70.0 cm³/mol. The van der Waals surface area contributed by atoms with Crippen molar-refractivity contribution in [2.24, 2.45) is 22.3 Å². The van der Waals surface area contributed by atoms with Crippen molar-refractivity contribution in [3.05, 3.63) is 0 Å². The van der Waals surface area contributed by atoms with Gasteiger partial charge < -0.3 is 22.6 Å². The Kier molecular flexibility index (Phi) is 8.57. The van der Waals surface area contributed by atoms with Crippen molar-refractivity contribution in [3.63, 3.8) is 0 Å². The smallest absolute Gasteiger partial charge is 0.208 e. The molecule has 17 heavy (non-hydrogen) atoms. The summed E-state index contributed by atoms with van der Waals surface area (Å²) in [5.74, 6) is 0.0240. The van der Waals surface area contributed by atoms with E-state index < -0.39 is 0 Å². The number of nitrogens with zero attached hydrogens (tertiary/aromatic N) is 2. The third-order valence-electron chi connectivity index (χ3n) is 2.05. The fourth-order valence-electron chi connectivity index (χ4n) is 1.32. The van der Waals surface area contributed by atoms with Crippen LogP contribution in [0.4, 0.5) is 0 Å². The van der Waals surface area contributed by atoms with Crippen LogP contribution < -0.4 is 28.1 Å². The molecule has 0 unspecified atom stereocenters. The third kappa shape index (κ3) is 12.2. The van der Waals surface area contributed by atoms with Crippen LogP contribution in [0.1, 0.15) is 25.7 Å². The summed E-state index contributed by atoms with van der Waals surface area (Å²) in [5, 5.41) is 12.5. The first kappa shape index (κ1) is 15.3. The van der Waals surface area contributed by atoms with Crippen molar-refractivity contribution in [1.82, 2.24) is 15.9 Å². The van der Waals surface area contributed by atoms with E-state index in [1.165, 1.54) is 0 Å². The number of unbranched alkanes of at least 4 members (excludes halogenated alkanes) is 3. The molecule has 0 aromatic carbocycles. The zero-order valence-corrected chi connectivity index (χ0v) is 10.4. The van der Waals surface area contributed by atoms with E-state index >= 15 is 0 Å². The second-order valence-electron chi connectivity index (χ2n) is 3.81. The summed E-state index contributed by atoms with van der Waals surface area (Å²) in [4.78, 5) is 0. The van der Waals surface area contributed by atoms with Gasteiger partial charge in [-0.15, -0.1) is 5.10 Å². The van der Waals surface area contributed by atoms with E-state index in [0.29, 0.717) is 0 Å². The number of nitrogens with two attached hydrogens (primary N) is 3. The Morgan fingerprint density at radius 1 is 1.18 bits per heavy atom. The van der Waals surface area contributed by atoms with E-state index in [1.54, 1.807) is 5.01 Å². The highest BCUT2D eigenvalue weighted by Gasteiger charge is 1.97. The van der Waals surface area contributed by atoms with Crippen LogP contribution in [-0.2, 0) is 0 Å². The van der Waals surface area contributed by atoms with Crippen molar-refractivity contribution in [3.8, 4) is 0 Å². The fourth-order valence-corrected chi connectivity index (χ4v) is 1.32. The highest BCUT2D eigenvalue weighted by atomic mass is 15.5. The monoisotopic (exact) mass is 244 g/mol. The Balaban J connectivity index is 3.23. The van der Waals surface area contributed by atoms with Crippen molar-refractivity contribution < 1.29 is 0 Å². The van der Waals surface area contributed by atoms with E-state index in [1.807, 2.05) is 7.05 Å². The summed E-state index contributed by atoms with van der Waals surface area (Å²) in [6.07, 6.45) is 4.31. The lowest BCUT2D eigenvalue weighted by Crippen LogP contribution is -2.43. The van der Waals surface area contributed by atoms with Crippen LogP contribution in [0.5, 0.6) is 0 Å². The summed E-state index contributed by atoms with van der Waals surface area (Å²) in [7, 11) is 1.86. The molecule has 0 spiro atoms. The average molecular weight is 244 g/mol. The molecular formula is C9H24N8. The van der Waals surface area contributed by atoms with Gasteiger partial charge in [0.05, 0.1) is 0 Å². The molecule has 0 heterocycles. The second kappa shape index (κ2) is 9.52. The molecule has 8 nitrogen and oxygen atoms in total. The van der Waals surface area contributed by atoms with Crippen molar-refractivity contribution >= 4 is 11.9 Å². The summed E-state index contributed by atoms with van der Waals surface area (Å²) in [5.41, 5.74) is 21.0.